The highest BCUT2D eigenvalue weighted by Crippen LogP contribution is 2.36. The molecule has 3 rings (SSSR count). The van der Waals surface area contributed by atoms with Gasteiger partial charge < -0.3 is 0 Å². The SMILES string of the molecule is CCC(C)c1ccccc1-c1nccn1-c1c(C(C)C)cccc1C(C)C. The monoisotopic (exact) mass is 360 g/mol. The first kappa shape index (κ1) is 19.4. The molecule has 0 aliphatic carbocycles. The Balaban J connectivity index is 2.27. The van der Waals surface area contributed by atoms with E-state index in [-0.39, 0.29) is 0 Å². The van der Waals surface area contributed by atoms with Crippen LogP contribution in [0, 0.1) is 0 Å². The van der Waals surface area contributed by atoms with Crippen molar-refractivity contribution < 1.29 is 0 Å². The lowest BCUT2D eigenvalue weighted by Crippen LogP contribution is -2.08. The Kier molecular flexibility index (Phi) is 5.84. The van der Waals surface area contributed by atoms with Gasteiger partial charge in [-0.15, -0.1) is 0 Å². The van der Waals surface area contributed by atoms with E-state index in [0.29, 0.717) is 17.8 Å². The van der Waals surface area contributed by atoms with E-state index in [0.717, 1.165) is 12.2 Å². The minimum absolute atomic E-state index is 0.457. The fourth-order valence-electron chi connectivity index (χ4n) is 3.82. The predicted molar refractivity (Wildman–Crippen MR) is 116 cm³/mol. The molecular formula is C25H32N2. The Hall–Kier alpha value is -2.35. The van der Waals surface area contributed by atoms with E-state index < -0.39 is 0 Å². The Labute approximate surface area is 164 Å². The van der Waals surface area contributed by atoms with Crippen LogP contribution in [0.2, 0.25) is 0 Å². The number of aromatic nitrogens is 2. The second-order valence-corrected chi connectivity index (χ2v) is 8.11. The highest BCUT2D eigenvalue weighted by Gasteiger charge is 2.20. The molecule has 3 aromatic rings. The summed E-state index contributed by atoms with van der Waals surface area (Å²) in [6.45, 7) is 13.6. The van der Waals surface area contributed by atoms with E-state index in [1.165, 1.54) is 27.9 Å². The second kappa shape index (κ2) is 8.12. The number of imidazole rings is 1. The zero-order valence-electron chi connectivity index (χ0n) is 17.5. The highest BCUT2D eigenvalue weighted by atomic mass is 15.1. The molecular weight excluding hydrogens is 328 g/mol. The lowest BCUT2D eigenvalue weighted by Gasteiger charge is -2.23. The van der Waals surface area contributed by atoms with Gasteiger partial charge in [0.25, 0.3) is 0 Å². The predicted octanol–water partition coefficient (Wildman–Crippen LogP) is 7.30. The van der Waals surface area contributed by atoms with Crippen LogP contribution in [-0.2, 0) is 0 Å². The molecule has 0 amide bonds. The smallest absolute Gasteiger partial charge is 0.144 e. The zero-order valence-corrected chi connectivity index (χ0v) is 17.5. The minimum atomic E-state index is 0.457. The van der Waals surface area contributed by atoms with Crippen LogP contribution in [0.15, 0.2) is 54.9 Å². The number of benzene rings is 2. The lowest BCUT2D eigenvalue weighted by atomic mass is 9.91. The first-order valence-corrected chi connectivity index (χ1v) is 10.2. The second-order valence-electron chi connectivity index (χ2n) is 8.11. The molecule has 0 saturated heterocycles. The van der Waals surface area contributed by atoms with Crippen LogP contribution in [0.4, 0.5) is 0 Å². The summed E-state index contributed by atoms with van der Waals surface area (Å²) in [5.74, 6) is 2.47. The number of hydrogen-bond acceptors (Lipinski definition) is 1. The van der Waals surface area contributed by atoms with Crippen LogP contribution in [-0.4, -0.2) is 9.55 Å². The van der Waals surface area contributed by atoms with E-state index in [1.807, 2.05) is 6.20 Å². The third-order valence-corrected chi connectivity index (χ3v) is 5.57. The van der Waals surface area contributed by atoms with Gasteiger partial charge >= 0.3 is 0 Å². The Morgan fingerprint density at radius 2 is 1.41 bits per heavy atom. The number of para-hydroxylation sites is 1. The third-order valence-electron chi connectivity index (χ3n) is 5.57. The molecule has 0 saturated carbocycles. The molecule has 2 nitrogen and oxygen atoms in total. The molecule has 1 aromatic heterocycles. The maximum atomic E-state index is 4.80. The van der Waals surface area contributed by atoms with Gasteiger partial charge in [0.2, 0.25) is 0 Å². The molecule has 0 spiro atoms. The normalized spacial score (nSPS) is 12.7. The molecule has 0 aliphatic rings. The summed E-state index contributed by atoms with van der Waals surface area (Å²) in [5, 5.41) is 0. The first-order valence-electron chi connectivity index (χ1n) is 10.2. The van der Waals surface area contributed by atoms with Crippen LogP contribution >= 0.6 is 0 Å². The van der Waals surface area contributed by atoms with E-state index in [9.17, 15) is 0 Å². The lowest BCUT2D eigenvalue weighted by molar-refractivity contribution is 0.733. The molecule has 2 aromatic carbocycles. The van der Waals surface area contributed by atoms with Crippen LogP contribution < -0.4 is 0 Å². The van der Waals surface area contributed by atoms with Gasteiger partial charge in [-0.05, 0) is 40.9 Å². The van der Waals surface area contributed by atoms with Gasteiger partial charge in [0.05, 0.1) is 5.69 Å². The molecule has 1 unspecified atom stereocenters. The van der Waals surface area contributed by atoms with Crippen molar-refractivity contribution in [3.63, 3.8) is 0 Å². The quantitative estimate of drug-likeness (QED) is 0.451. The molecule has 142 valence electrons. The third kappa shape index (κ3) is 3.71. The first-order chi connectivity index (χ1) is 13.0. The molecule has 27 heavy (non-hydrogen) atoms. The minimum Gasteiger partial charge on any atom is -0.299 e. The number of hydrogen-bond donors (Lipinski definition) is 0. The topological polar surface area (TPSA) is 17.8 Å². The number of rotatable bonds is 6. The Morgan fingerprint density at radius 1 is 0.815 bits per heavy atom. The summed E-state index contributed by atoms with van der Waals surface area (Å²) in [4.78, 5) is 4.80. The van der Waals surface area contributed by atoms with Gasteiger partial charge in [0.15, 0.2) is 0 Å². The Morgan fingerprint density at radius 3 is 2.00 bits per heavy atom. The van der Waals surface area contributed by atoms with Crippen molar-refractivity contribution in [2.45, 2.75) is 65.7 Å². The molecule has 0 fully saturated rings. The van der Waals surface area contributed by atoms with Crippen LogP contribution in [0.3, 0.4) is 0 Å². The highest BCUT2D eigenvalue weighted by molar-refractivity contribution is 5.66. The van der Waals surface area contributed by atoms with E-state index in [4.69, 9.17) is 4.98 Å². The van der Waals surface area contributed by atoms with Gasteiger partial charge in [-0.3, -0.25) is 4.57 Å². The summed E-state index contributed by atoms with van der Waals surface area (Å²) < 4.78 is 2.31. The molecule has 2 heteroatoms. The summed E-state index contributed by atoms with van der Waals surface area (Å²) in [6, 6.07) is 15.4. The molecule has 0 bridgehead atoms. The van der Waals surface area contributed by atoms with Crippen LogP contribution in [0.25, 0.3) is 17.1 Å². The van der Waals surface area contributed by atoms with Gasteiger partial charge in [0.1, 0.15) is 5.82 Å². The summed E-state index contributed by atoms with van der Waals surface area (Å²) in [6.07, 6.45) is 5.18. The zero-order chi connectivity index (χ0) is 19.6. The van der Waals surface area contributed by atoms with Crippen molar-refractivity contribution in [1.29, 1.82) is 0 Å². The average Bonchev–Trinajstić information content (AvgIpc) is 3.15. The summed E-state index contributed by atoms with van der Waals surface area (Å²) in [5.41, 5.74) is 6.67. The van der Waals surface area contributed by atoms with Gasteiger partial charge in [-0.2, -0.15) is 0 Å². The van der Waals surface area contributed by atoms with Gasteiger partial charge in [-0.25, -0.2) is 4.98 Å². The maximum absolute atomic E-state index is 4.80. The summed E-state index contributed by atoms with van der Waals surface area (Å²) in [7, 11) is 0. The largest absolute Gasteiger partial charge is 0.299 e. The fourth-order valence-corrected chi connectivity index (χ4v) is 3.82. The van der Waals surface area contributed by atoms with Crippen molar-refractivity contribution in [2.24, 2.45) is 0 Å². The van der Waals surface area contributed by atoms with E-state index in [1.54, 1.807) is 0 Å². The Bertz CT molecular complexity index is 876. The van der Waals surface area contributed by atoms with Crippen LogP contribution in [0.5, 0.6) is 0 Å². The molecule has 1 heterocycles. The molecule has 0 radical (unpaired) electrons. The molecule has 1 atom stereocenters. The van der Waals surface area contributed by atoms with Gasteiger partial charge in [-0.1, -0.05) is 84.0 Å². The van der Waals surface area contributed by atoms with Crippen molar-refractivity contribution in [1.82, 2.24) is 9.55 Å². The molecule has 0 N–H and O–H groups in total. The van der Waals surface area contributed by atoms with E-state index in [2.05, 4.69) is 94.8 Å². The van der Waals surface area contributed by atoms with Crippen LogP contribution in [0.1, 0.15) is 82.4 Å². The van der Waals surface area contributed by atoms with Crippen molar-refractivity contribution in [3.8, 4) is 17.1 Å². The van der Waals surface area contributed by atoms with Crippen molar-refractivity contribution in [3.05, 3.63) is 71.5 Å². The molecule has 0 aliphatic heterocycles. The maximum Gasteiger partial charge on any atom is 0.144 e. The average molecular weight is 361 g/mol. The van der Waals surface area contributed by atoms with Crippen molar-refractivity contribution >= 4 is 0 Å². The fraction of sp³-hybridized carbons (Fsp3) is 0.400. The summed E-state index contributed by atoms with van der Waals surface area (Å²) >= 11 is 0. The van der Waals surface area contributed by atoms with Gasteiger partial charge in [0, 0.05) is 18.0 Å². The standard InChI is InChI=1S/C25H32N2/c1-7-19(6)22-11-8-9-12-23(22)25-26-15-16-27(25)24-20(17(2)3)13-10-14-21(24)18(4)5/h8-19H,7H2,1-6H3. The van der Waals surface area contributed by atoms with E-state index >= 15 is 0 Å². The number of nitrogens with zero attached hydrogens (tertiary/aromatic N) is 2. The van der Waals surface area contributed by atoms with Crippen molar-refractivity contribution in [2.75, 3.05) is 0 Å².